The van der Waals surface area contributed by atoms with E-state index in [1.54, 1.807) is 35.0 Å². The number of aromatic nitrogens is 2. The van der Waals surface area contributed by atoms with E-state index in [-0.39, 0.29) is 24.2 Å². The van der Waals surface area contributed by atoms with Gasteiger partial charge >= 0.3 is 0 Å². The zero-order chi connectivity index (χ0) is 19.9. The smallest absolute Gasteiger partial charge is 0.257 e. The molecule has 2 saturated heterocycles. The molecule has 28 heavy (non-hydrogen) atoms. The zero-order valence-electron chi connectivity index (χ0n) is 16.0. The summed E-state index contributed by atoms with van der Waals surface area (Å²) < 4.78 is 20.8. The molecule has 0 saturated carbocycles. The number of benzene rings is 1. The molecule has 0 atom stereocenters. The fourth-order valence-electron chi connectivity index (χ4n) is 3.97. The van der Waals surface area contributed by atoms with Crippen LogP contribution in [0.2, 0.25) is 0 Å². The van der Waals surface area contributed by atoms with Gasteiger partial charge in [-0.1, -0.05) is 0 Å². The lowest BCUT2D eigenvalue weighted by molar-refractivity contribution is -0.143. The molecule has 0 radical (unpaired) electrons. The average molecular weight is 386 g/mol. The number of hydrogen-bond acceptors (Lipinski definition) is 4. The SMILES string of the molecule is Cc1nn(C)cc1C(=O)N1CCC2(CC1)CN(c1ccc(F)cc1)C(=O)CO2. The number of nitrogens with zero attached hydrogens (tertiary/aromatic N) is 4. The number of halogens is 1. The van der Waals surface area contributed by atoms with E-state index in [1.165, 1.54) is 12.1 Å². The van der Waals surface area contributed by atoms with Crippen molar-refractivity contribution < 1.29 is 18.7 Å². The molecule has 4 rings (SSSR count). The van der Waals surface area contributed by atoms with Crippen LogP contribution in [-0.2, 0) is 16.6 Å². The first-order valence-electron chi connectivity index (χ1n) is 9.36. The van der Waals surface area contributed by atoms with Crippen molar-refractivity contribution in [1.29, 1.82) is 0 Å². The molecule has 0 N–H and O–H groups in total. The summed E-state index contributed by atoms with van der Waals surface area (Å²) >= 11 is 0. The highest BCUT2D eigenvalue weighted by Crippen LogP contribution is 2.33. The summed E-state index contributed by atoms with van der Waals surface area (Å²) in [5.41, 5.74) is 1.52. The van der Waals surface area contributed by atoms with Crippen LogP contribution in [0.25, 0.3) is 0 Å². The van der Waals surface area contributed by atoms with Crippen LogP contribution in [0.15, 0.2) is 30.5 Å². The fourth-order valence-corrected chi connectivity index (χ4v) is 3.97. The minimum atomic E-state index is -0.483. The largest absolute Gasteiger partial charge is 0.363 e. The Morgan fingerprint density at radius 3 is 2.50 bits per heavy atom. The minimum absolute atomic E-state index is 0.00691. The molecule has 148 valence electrons. The van der Waals surface area contributed by atoms with Gasteiger partial charge in [0.15, 0.2) is 0 Å². The van der Waals surface area contributed by atoms with E-state index < -0.39 is 5.60 Å². The molecule has 8 heteroatoms. The van der Waals surface area contributed by atoms with E-state index in [0.29, 0.717) is 43.7 Å². The first-order chi connectivity index (χ1) is 13.4. The molecular formula is C20H23FN4O3. The van der Waals surface area contributed by atoms with Crippen molar-refractivity contribution in [2.75, 3.05) is 31.1 Å². The van der Waals surface area contributed by atoms with Gasteiger partial charge in [-0.2, -0.15) is 5.10 Å². The summed E-state index contributed by atoms with van der Waals surface area (Å²) in [6, 6.07) is 5.91. The third kappa shape index (κ3) is 3.40. The third-order valence-corrected chi connectivity index (χ3v) is 5.59. The number of morpholine rings is 1. The first-order valence-corrected chi connectivity index (χ1v) is 9.36. The Bertz CT molecular complexity index is 901. The Morgan fingerprint density at radius 1 is 1.21 bits per heavy atom. The molecule has 2 aliphatic heterocycles. The van der Waals surface area contributed by atoms with E-state index in [0.717, 1.165) is 5.69 Å². The summed E-state index contributed by atoms with van der Waals surface area (Å²) in [4.78, 5) is 28.6. The van der Waals surface area contributed by atoms with Crippen molar-refractivity contribution >= 4 is 17.5 Å². The maximum absolute atomic E-state index is 13.2. The summed E-state index contributed by atoms with van der Waals surface area (Å²) in [5, 5.41) is 4.24. The van der Waals surface area contributed by atoms with Crippen molar-refractivity contribution in [3.05, 3.63) is 47.5 Å². The van der Waals surface area contributed by atoms with E-state index in [4.69, 9.17) is 4.74 Å². The number of anilines is 1. The van der Waals surface area contributed by atoms with Gasteiger partial charge in [0.2, 0.25) is 0 Å². The molecule has 3 heterocycles. The Morgan fingerprint density at radius 2 is 1.89 bits per heavy atom. The monoisotopic (exact) mass is 386 g/mol. The number of likely N-dealkylation sites (tertiary alicyclic amines) is 1. The van der Waals surface area contributed by atoms with Crippen LogP contribution in [0.4, 0.5) is 10.1 Å². The minimum Gasteiger partial charge on any atom is -0.363 e. The van der Waals surface area contributed by atoms with Crippen LogP contribution in [0.1, 0.15) is 28.9 Å². The van der Waals surface area contributed by atoms with Crippen molar-refractivity contribution in [2.24, 2.45) is 7.05 Å². The predicted octanol–water partition coefficient (Wildman–Crippen LogP) is 1.91. The second kappa shape index (κ2) is 7.01. The second-order valence-corrected chi connectivity index (χ2v) is 7.52. The van der Waals surface area contributed by atoms with Gasteiger partial charge in [0.05, 0.1) is 23.4 Å². The number of piperidine rings is 1. The highest BCUT2D eigenvalue weighted by Gasteiger charge is 2.43. The van der Waals surface area contributed by atoms with Crippen LogP contribution in [0, 0.1) is 12.7 Å². The summed E-state index contributed by atoms with van der Waals surface area (Å²) in [6.07, 6.45) is 3.03. The van der Waals surface area contributed by atoms with E-state index >= 15 is 0 Å². The number of carbonyl (C=O) groups is 2. The highest BCUT2D eigenvalue weighted by atomic mass is 19.1. The highest BCUT2D eigenvalue weighted by molar-refractivity contribution is 5.96. The van der Waals surface area contributed by atoms with Gasteiger partial charge < -0.3 is 14.5 Å². The van der Waals surface area contributed by atoms with Gasteiger partial charge in [-0.15, -0.1) is 0 Å². The van der Waals surface area contributed by atoms with Crippen LogP contribution < -0.4 is 4.90 Å². The summed E-state index contributed by atoms with van der Waals surface area (Å²) in [7, 11) is 1.80. The molecule has 2 aromatic rings. The summed E-state index contributed by atoms with van der Waals surface area (Å²) in [5.74, 6) is -0.499. The number of rotatable bonds is 2. The van der Waals surface area contributed by atoms with Crippen molar-refractivity contribution in [2.45, 2.75) is 25.4 Å². The maximum atomic E-state index is 13.2. The van der Waals surface area contributed by atoms with Gasteiger partial charge in [-0.3, -0.25) is 14.3 Å². The Hall–Kier alpha value is -2.74. The Labute approximate surface area is 162 Å². The van der Waals surface area contributed by atoms with Gasteiger partial charge in [0.25, 0.3) is 11.8 Å². The van der Waals surface area contributed by atoms with Crippen molar-refractivity contribution in [3.63, 3.8) is 0 Å². The van der Waals surface area contributed by atoms with Crippen molar-refractivity contribution in [1.82, 2.24) is 14.7 Å². The van der Waals surface area contributed by atoms with E-state index in [1.807, 2.05) is 11.8 Å². The standard InChI is InChI=1S/C20H23FN4O3/c1-14-17(11-23(2)22-14)19(27)24-9-7-20(8-10-24)13-25(18(26)12-28-20)16-5-3-15(21)4-6-16/h3-6,11H,7-10,12-13H2,1-2H3. The molecule has 2 amide bonds. The predicted molar refractivity (Wildman–Crippen MR) is 101 cm³/mol. The van der Waals surface area contributed by atoms with Crippen LogP contribution in [0.3, 0.4) is 0 Å². The van der Waals surface area contributed by atoms with Gasteiger partial charge in [0, 0.05) is 32.0 Å². The van der Waals surface area contributed by atoms with Crippen LogP contribution in [-0.4, -0.2) is 58.3 Å². The Balaban J connectivity index is 1.46. The molecule has 1 aromatic carbocycles. The van der Waals surface area contributed by atoms with E-state index in [2.05, 4.69) is 5.10 Å². The number of amides is 2. The van der Waals surface area contributed by atoms with Gasteiger partial charge in [0.1, 0.15) is 12.4 Å². The molecule has 2 fully saturated rings. The zero-order valence-corrected chi connectivity index (χ0v) is 16.0. The molecule has 1 aromatic heterocycles. The van der Waals surface area contributed by atoms with Crippen LogP contribution in [0.5, 0.6) is 0 Å². The molecule has 7 nitrogen and oxygen atoms in total. The summed E-state index contributed by atoms with van der Waals surface area (Å²) in [6.45, 7) is 3.34. The van der Waals surface area contributed by atoms with Crippen LogP contribution >= 0.6 is 0 Å². The number of ether oxygens (including phenoxy) is 1. The van der Waals surface area contributed by atoms with Crippen molar-refractivity contribution in [3.8, 4) is 0 Å². The molecule has 0 aliphatic carbocycles. The van der Waals surface area contributed by atoms with E-state index in [9.17, 15) is 14.0 Å². The number of aryl methyl sites for hydroxylation is 2. The first kappa shape index (κ1) is 18.6. The van der Waals surface area contributed by atoms with Gasteiger partial charge in [-0.25, -0.2) is 4.39 Å². The number of carbonyl (C=O) groups excluding carboxylic acids is 2. The number of hydrogen-bond donors (Lipinski definition) is 0. The lowest BCUT2D eigenvalue weighted by Crippen LogP contribution is -2.59. The maximum Gasteiger partial charge on any atom is 0.257 e. The third-order valence-electron chi connectivity index (χ3n) is 5.59. The lowest BCUT2D eigenvalue weighted by Gasteiger charge is -2.47. The quantitative estimate of drug-likeness (QED) is 0.791. The second-order valence-electron chi connectivity index (χ2n) is 7.52. The Kier molecular flexibility index (Phi) is 4.66. The van der Waals surface area contributed by atoms with Gasteiger partial charge in [-0.05, 0) is 44.0 Å². The lowest BCUT2D eigenvalue weighted by atomic mass is 9.88. The fraction of sp³-hybridized carbons (Fsp3) is 0.450. The normalized spacial score (nSPS) is 19.3. The topological polar surface area (TPSA) is 67.7 Å². The average Bonchev–Trinajstić information content (AvgIpc) is 3.03. The molecule has 2 aliphatic rings. The molecule has 0 bridgehead atoms. The molecular weight excluding hydrogens is 363 g/mol. The molecule has 0 unspecified atom stereocenters. The molecule has 1 spiro atoms.